The highest BCUT2D eigenvalue weighted by Gasteiger charge is 2.02. The standard InChI is InChI=1S/C16H14Cl2N2O/c1-11-3-2-4-12(7-11)5-6-19-16(21)20-15-9-13(17)8-14(18)10-15/h2-10H,1H3,(H2,19,20,21)/b6-5+. The fourth-order valence-corrected chi connectivity index (χ4v) is 2.31. The van der Waals surface area contributed by atoms with E-state index < -0.39 is 0 Å². The fourth-order valence-electron chi connectivity index (χ4n) is 1.78. The number of hydrogen-bond acceptors (Lipinski definition) is 1. The minimum Gasteiger partial charge on any atom is -0.314 e. The van der Waals surface area contributed by atoms with Crippen LogP contribution in [0.4, 0.5) is 10.5 Å². The summed E-state index contributed by atoms with van der Waals surface area (Å²) >= 11 is 11.7. The summed E-state index contributed by atoms with van der Waals surface area (Å²) in [5, 5.41) is 6.20. The molecule has 0 atom stereocenters. The largest absolute Gasteiger partial charge is 0.323 e. The van der Waals surface area contributed by atoms with E-state index in [2.05, 4.69) is 10.6 Å². The molecule has 0 aromatic heterocycles. The molecule has 2 aromatic carbocycles. The maximum absolute atomic E-state index is 11.7. The molecule has 0 saturated carbocycles. The van der Waals surface area contributed by atoms with Gasteiger partial charge in [-0.25, -0.2) is 4.79 Å². The summed E-state index contributed by atoms with van der Waals surface area (Å²) in [6.45, 7) is 2.01. The summed E-state index contributed by atoms with van der Waals surface area (Å²) in [6.07, 6.45) is 3.40. The quantitative estimate of drug-likeness (QED) is 0.812. The Bertz CT molecular complexity index is 663. The van der Waals surface area contributed by atoms with Crippen LogP contribution in [-0.2, 0) is 0 Å². The first-order chi connectivity index (χ1) is 10.0. The summed E-state index contributed by atoms with van der Waals surface area (Å²) in [4.78, 5) is 11.7. The topological polar surface area (TPSA) is 41.1 Å². The highest BCUT2D eigenvalue weighted by atomic mass is 35.5. The van der Waals surface area contributed by atoms with Gasteiger partial charge in [0.15, 0.2) is 0 Å². The van der Waals surface area contributed by atoms with Crippen molar-refractivity contribution in [3.05, 3.63) is 69.8 Å². The molecular formula is C16H14Cl2N2O. The minimum absolute atomic E-state index is 0.364. The Balaban J connectivity index is 1.93. The van der Waals surface area contributed by atoms with E-state index in [0.717, 1.165) is 11.1 Å². The number of halogens is 2. The van der Waals surface area contributed by atoms with Crippen molar-refractivity contribution >= 4 is 41.0 Å². The Morgan fingerprint density at radius 3 is 2.48 bits per heavy atom. The first-order valence-electron chi connectivity index (χ1n) is 6.30. The van der Waals surface area contributed by atoms with Crippen LogP contribution >= 0.6 is 23.2 Å². The third kappa shape index (κ3) is 5.14. The van der Waals surface area contributed by atoms with E-state index in [1.54, 1.807) is 24.4 Å². The van der Waals surface area contributed by atoms with Gasteiger partial charge in [0, 0.05) is 21.9 Å². The van der Waals surface area contributed by atoms with Gasteiger partial charge in [-0.15, -0.1) is 0 Å². The van der Waals surface area contributed by atoms with Crippen LogP contribution in [0.5, 0.6) is 0 Å². The monoisotopic (exact) mass is 320 g/mol. The lowest BCUT2D eigenvalue weighted by Crippen LogP contribution is -2.23. The second-order valence-electron chi connectivity index (χ2n) is 4.50. The third-order valence-corrected chi connectivity index (χ3v) is 3.09. The lowest BCUT2D eigenvalue weighted by Gasteiger charge is -2.05. The van der Waals surface area contributed by atoms with Crippen molar-refractivity contribution in [2.45, 2.75) is 6.92 Å². The lowest BCUT2D eigenvalue weighted by atomic mass is 10.1. The SMILES string of the molecule is Cc1cccc(/C=C/NC(=O)Nc2cc(Cl)cc(Cl)c2)c1. The van der Waals surface area contributed by atoms with Gasteiger partial charge in [0.25, 0.3) is 0 Å². The summed E-state index contributed by atoms with van der Waals surface area (Å²) in [5.41, 5.74) is 2.71. The Morgan fingerprint density at radius 2 is 1.81 bits per heavy atom. The molecule has 2 amide bonds. The summed E-state index contributed by atoms with van der Waals surface area (Å²) in [7, 11) is 0. The first-order valence-corrected chi connectivity index (χ1v) is 7.05. The van der Waals surface area contributed by atoms with Crippen molar-refractivity contribution in [1.82, 2.24) is 5.32 Å². The van der Waals surface area contributed by atoms with E-state index in [-0.39, 0.29) is 6.03 Å². The van der Waals surface area contributed by atoms with Gasteiger partial charge in [0.2, 0.25) is 0 Å². The molecule has 2 rings (SSSR count). The zero-order valence-corrected chi connectivity index (χ0v) is 12.9. The van der Waals surface area contributed by atoms with Gasteiger partial charge in [-0.1, -0.05) is 53.0 Å². The Labute approximate surface area is 133 Å². The second kappa shape index (κ2) is 7.16. The number of aryl methyl sites for hydroxylation is 1. The number of amides is 2. The maximum Gasteiger partial charge on any atom is 0.323 e. The summed E-state index contributed by atoms with van der Waals surface area (Å²) in [6, 6.07) is 12.4. The van der Waals surface area contributed by atoms with Crippen molar-refractivity contribution < 1.29 is 4.79 Å². The van der Waals surface area contributed by atoms with E-state index in [1.165, 1.54) is 0 Å². The molecule has 0 aliphatic rings. The predicted octanol–water partition coefficient (Wildman–Crippen LogP) is 5.09. The zero-order chi connectivity index (χ0) is 15.2. The molecule has 0 aliphatic heterocycles. The number of carbonyl (C=O) groups is 1. The number of anilines is 1. The van der Waals surface area contributed by atoms with E-state index in [1.807, 2.05) is 37.3 Å². The highest BCUT2D eigenvalue weighted by molar-refractivity contribution is 6.35. The normalized spacial score (nSPS) is 10.6. The van der Waals surface area contributed by atoms with E-state index in [9.17, 15) is 4.79 Å². The third-order valence-electron chi connectivity index (χ3n) is 2.65. The lowest BCUT2D eigenvalue weighted by molar-refractivity contribution is 0.255. The molecule has 3 nitrogen and oxygen atoms in total. The van der Waals surface area contributed by atoms with Crippen molar-refractivity contribution in [3.63, 3.8) is 0 Å². The van der Waals surface area contributed by atoms with E-state index in [0.29, 0.717) is 15.7 Å². The van der Waals surface area contributed by atoms with Crippen LogP contribution in [0.2, 0.25) is 10.0 Å². The molecule has 108 valence electrons. The van der Waals surface area contributed by atoms with Crippen molar-refractivity contribution in [3.8, 4) is 0 Å². The molecular weight excluding hydrogens is 307 g/mol. The van der Waals surface area contributed by atoms with E-state index >= 15 is 0 Å². The summed E-state index contributed by atoms with van der Waals surface area (Å²) < 4.78 is 0. The van der Waals surface area contributed by atoms with Gasteiger partial charge in [-0.05, 0) is 36.8 Å². The van der Waals surface area contributed by atoms with Crippen molar-refractivity contribution in [1.29, 1.82) is 0 Å². The maximum atomic E-state index is 11.7. The predicted molar refractivity (Wildman–Crippen MR) is 88.8 cm³/mol. The molecule has 0 saturated heterocycles. The molecule has 0 bridgehead atoms. The van der Waals surface area contributed by atoms with E-state index in [4.69, 9.17) is 23.2 Å². The molecule has 0 unspecified atom stereocenters. The molecule has 0 aliphatic carbocycles. The van der Waals surface area contributed by atoms with Crippen molar-refractivity contribution in [2.24, 2.45) is 0 Å². The smallest absolute Gasteiger partial charge is 0.314 e. The first kappa shape index (κ1) is 15.4. The Kier molecular flexibility index (Phi) is 5.26. The van der Waals surface area contributed by atoms with Crippen LogP contribution in [0.3, 0.4) is 0 Å². The average Bonchev–Trinajstić information content (AvgIpc) is 2.37. The van der Waals surface area contributed by atoms with Crippen LogP contribution in [0.15, 0.2) is 48.7 Å². The number of benzene rings is 2. The average molecular weight is 321 g/mol. The van der Waals surface area contributed by atoms with Gasteiger partial charge >= 0.3 is 6.03 Å². The zero-order valence-electron chi connectivity index (χ0n) is 11.4. The Morgan fingerprint density at radius 1 is 1.10 bits per heavy atom. The van der Waals surface area contributed by atoms with Crippen LogP contribution in [0, 0.1) is 6.92 Å². The Hall–Kier alpha value is -1.97. The van der Waals surface area contributed by atoms with Crippen LogP contribution < -0.4 is 10.6 Å². The molecule has 21 heavy (non-hydrogen) atoms. The molecule has 2 aromatic rings. The number of urea groups is 1. The summed E-state index contributed by atoms with van der Waals surface area (Å²) in [5.74, 6) is 0. The van der Waals surface area contributed by atoms with Crippen molar-refractivity contribution in [2.75, 3.05) is 5.32 Å². The minimum atomic E-state index is -0.364. The number of carbonyl (C=O) groups excluding carboxylic acids is 1. The number of nitrogens with one attached hydrogen (secondary N) is 2. The van der Waals surface area contributed by atoms with Gasteiger partial charge in [-0.3, -0.25) is 0 Å². The molecule has 5 heteroatoms. The van der Waals surface area contributed by atoms with Crippen LogP contribution in [0.1, 0.15) is 11.1 Å². The van der Waals surface area contributed by atoms with Gasteiger partial charge in [0.1, 0.15) is 0 Å². The van der Waals surface area contributed by atoms with Gasteiger partial charge in [0.05, 0.1) is 0 Å². The molecule has 0 radical (unpaired) electrons. The van der Waals surface area contributed by atoms with Gasteiger partial charge in [-0.2, -0.15) is 0 Å². The molecule has 0 fully saturated rings. The fraction of sp³-hybridized carbons (Fsp3) is 0.0625. The number of rotatable bonds is 3. The second-order valence-corrected chi connectivity index (χ2v) is 5.38. The molecule has 0 heterocycles. The van der Waals surface area contributed by atoms with Crippen LogP contribution in [0.25, 0.3) is 6.08 Å². The van der Waals surface area contributed by atoms with Crippen LogP contribution in [-0.4, -0.2) is 6.03 Å². The van der Waals surface area contributed by atoms with Gasteiger partial charge < -0.3 is 10.6 Å². The number of hydrogen-bond donors (Lipinski definition) is 2. The molecule has 0 spiro atoms. The molecule has 2 N–H and O–H groups in total. The highest BCUT2D eigenvalue weighted by Crippen LogP contribution is 2.22.